The van der Waals surface area contributed by atoms with Crippen molar-refractivity contribution >= 4 is 17.5 Å². The Kier molecular flexibility index (Phi) is 4.63. The molecule has 2 rings (SSSR count). The average molecular weight is 269 g/mol. The van der Waals surface area contributed by atoms with Crippen molar-refractivity contribution in [2.24, 2.45) is 16.5 Å². The van der Waals surface area contributed by atoms with Gasteiger partial charge in [-0.1, -0.05) is 18.2 Å². The molecule has 0 spiro atoms. The number of nitrogens with two attached hydrogens (primary N) is 2. The molecule has 0 saturated heterocycles. The normalized spacial score (nSPS) is 12.0. The molecule has 102 valence electrons. The summed E-state index contributed by atoms with van der Waals surface area (Å²) in [6.45, 7) is 0.276. The lowest BCUT2D eigenvalue weighted by molar-refractivity contribution is 0.625. The smallest absolute Gasteiger partial charge is 0.124 e. The molecule has 0 saturated carbocycles. The third kappa shape index (κ3) is 3.52. The third-order valence-electron chi connectivity index (χ3n) is 2.82. The summed E-state index contributed by atoms with van der Waals surface area (Å²) >= 11 is 0. The van der Waals surface area contributed by atoms with Crippen LogP contribution in [0.3, 0.4) is 0 Å². The second kappa shape index (κ2) is 6.63. The maximum atomic E-state index is 13.5. The monoisotopic (exact) mass is 269 g/mol. The zero-order chi connectivity index (χ0) is 14.4. The van der Waals surface area contributed by atoms with Crippen LogP contribution in [-0.2, 0) is 6.54 Å². The fourth-order valence-electron chi connectivity index (χ4n) is 1.81. The SMILES string of the molecule is NC=C(C=Nc1ccccc1)c1cc(F)cc(CN)c1. The number of aliphatic imine (C=N–C) groups is 1. The van der Waals surface area contributed by atoms with Crippen LogP contribution in [-0.4, -0.2) is 6.21 Å². The van der Waals surface area contributed by atoms with Gasteiger partial charge in [0.15, 0.2) is 0 Å². The lowest BCUT2D eigenvalue weighted by Gasteiger charge is -2.05. The number of benzene rings is 2. The summed E-state index contributed by atoms with van der Waals surface area (Å²) in [5.74, 6) is -0.338. The van der Waals surface area contributed by atoms with Gasteiger partial charge in [0.25, 0.3) is 0 Å². The summed E-state index contributed by atoms with van der Waals surface area (Å²) in [5, 5.41) is 0. The van der Waals surface area contributed by atoms with Crippen molar-refractivity contribution in [3.8, 4) is 0 Å². The van der Waals surface area contributed by atoms with Gasteiger partial charge in [0.05, 0.1) is 5.69 Å². The molecule has 0 fully saturated rings. The molecule has 0 aromatic heterocycles. The van der Waals surface area contributed by atoms with E-state index in [-0.39, 0.29) is 12.4 Å². The summed E-state index contributed by atoms with van der Waals surface area (Å²) in [7, 11) is 0. The van der Waals surface area contributed by atoms with E-state index >= 15 is 0 Å². The van der Waals surface area contributed by atoms with Crippen LogP contribution in [0.15, 0.2) is 59.7 Å². The summed E-state index contributed by atoms with van der Waals surface area (Å²) in [5.41, 5.74) is 14.0. The first-order valence-electron chi connectivity index (χ1n) is 6.24. The number of halogens is 1. The topological polar surface area (TPSA) is 64.4 Å². The van der Waals surface area contributed by atoms with Gasteiger partial charge in [0.2, 0.25) is 0 Å². The van der Waals surface area contributed by atoms with Gasteiger partial charge in [0, 0.05) is 24.5 Å². The third-order valence-corrected chi connectivity index (χ3v) is 2.82. The first-order valence-corrected chi connectivity index (χ1v) is 6.24. The van der Waals surface area contributed by atoms with E-state index in [1.165, 1.54) is 18.3 Å². The van der Waals surface area contributed by atoms with Gasteiger partial charge in [-0.2, -0.15) is 0 Å². The number of nitrogens with zero attached hydrogens (tertiary/aromatic N) is 1. The summed E-state index contributed by atoms with van der Waals surface area (Å²) < 4.78 is 13.5. The molecular weight excluding hydrogens is 253 g/mol. The second-order valence-electron chi connectivity index (χ2n) is 4.27. The molecule has 0 unspecified atom stereocenters. The fraction of sp³-hybridized carbons (Fsp3) is 0.0625. The fourth-order valence-corrected chi connectivity index (χ4v) is 1.81. The van der Waals surface area contributed by atoms with Crippen LogP contribution < -0.4 is 11.5 Å². The van der Waals surface area contributed by atoms with E-state index in [1.807, 2.05) is 30.3 Å². The van der Waals surface area contributed by atoms with E-state index in [4.69, 9.17) is 11.5 Å². The largest absolute Gasteiger partial charge is 0.404 e. The molecule has 0 radical (unpaired) electrons. The van der Waals surface area contributed by atoms with E-state index in [0.717, 1.165) is 5.69 Å². The van der Waals surface area contributed by atoms with Gasteiger partial charge in [0.1, 0.15) is 5.82 Å². The van der Waals surface area contributed by atoms with Gasteiger partial charge >= 0.3 is 0 Å². The Morgan fingerprint density at radius 1 is 1.15 bits per heavy atom. The zero-order valence-corrected chi connectivity index (χ0v) is 11.0. The lowest BCUT2D eigenvalue weighted by atomic mass is 10.0. The van der Waals surface area contributed by atoms with Crippen LogP contribution in [0.1, 0.15) is 11.1 Å². The first-order chi connectivity index (χ1) is 9.72. The zero-order valence-electron chi connectivity index (χ0n) is 11.0. The van der Waals surface area contributed by atoms with Gasteiger partial charge < -0.3 is 11.5 Å². The molecular formula is C16H16FN3. The molecule has 4 heteroatoms. The molecule has 2 aromatic rings. The van der Waals surface area contributed by atoms with E-state index < -0.39 is 0 Å². The molecule has 0 aliphatic rings. The van der Waals surface area contributed by atoms with Crippen LogP contribution in [0, 0.1) is 5.82 Å². The highest BCUT2D eigenvalue weighted by molar-refractivity contribution is 6.10. The van der Waals surface area contributed by atoms with Gasteiger partial charge in [-0.15, -0.1) is 0 Å². The second-order valence-corrected chi connectivity index (χ2v) is 4.27. The van der Waals surface area contributed by atoms with Crippen molar-refractivity contribution in [2.45, 2.75) is 6.54 Å². The van der Waals surface area contributed by atoms with Crippen molar-refractivity contribution in [2.75, 3.05) is 0 Å². The average Bonchev–Trinajstić information content (AvgIpc) is 2.48. The first kappa shape index (κ1) is 14.0. The van der Waals surface area contributed by atoms with Gasteiger partial charge in [-0.05, 0) is 41.5 Å². The van der Waals surface area contributed by atoms with Crippen LogP contribution in [0.5, 0.6) is 0 Å². The highest BCUT2D eigenvalue weighted by Gasteiger charge is 2.03. The van der Waals surface area contributed by atoms with Crippen molar-refractivity contribution in [3.63, 3.8) is 0 Å². The van der Waals surface area contributed by atoms with E-state index in [2.05, 4.69) is 4.99 Å². The van der Waals surface area contributed by atoms with E-state index in [1.54, 1.807) is 12.3 Å². The molecule has 0 bridgehead atoms. The Hall–Kier alpha value is -2.46. The molecule has 0 amide bonds. The highest BCUT2D eigenvalue weighted by Crippen LogP contribution is 2.18. The lowest BCUT2D eigenvalue weighted by Crippen LogP contribution is -2.00. The minimum absolute atomic E-state index is 0.276. The van der Waals surface area contributed by atoms with Crippen LogP contribution >= 0.6 is 0 Å². The summed E-state index contributed by atoms with van der Waals surface area (Å²) in [6.07, 6.45) is 3.02. The number of hydrogen-bond acceptors (Lipinski definition) is 3. The molecule has 3 nitrogen and oxygen atoms in total. The predicted octanol–water partition coefficient (Wildman–Crippen LogP) is 2.99. The number of allylic oxidation sites excluding steroid dienone is 1. The van der Waals surface area contributed by atoms with Gasteiger partial charge in [-0.3, -0.25) is 4.99 Å². The standard InChI is InChI=1S/C16H16FN3/c17-15-7-12(9-18)6-13(8-15)14(10-19)11-20-16-4-2-1-3-5-16/h1-8,10-11H,9,18-19H2. The Bertz CT molecular complexity index is 633. The molecule has 0 aliphatic carbocycles. The number of rotatable bonds is 4. The Labute approximate surface area is 117 Å². The highest BCUT2D eigenvalue weighted by atomic mass is 19.1. The van der Waals surface area contributed by atoms with E-state index in [0.29, 0.717) is 16.7 Å². The Morgan fingerprint density at radius 3 is 2.55 bits per heavy atom. The Morgan fingerprint density at radius 2 is 1.90 bits per heavy atom. The minimum Gasteiger partial charge on any atom is -0.404 e. The molecule has 0 heterocycles. The number of para-hydroxylation sites is 1. The van der Waals surface area contributed by atoms with Crippen molar-refractivity contribution in [3.05, 3.63) is 71.7 Å². The van der Waals surface area contributed by atoms with Crippen molar-refractivity contribution in [1.82, 2.24) is 0 Å². The number of hydrogen-bond donors (Lipinski definition) is 2. The molecule has 0 atom stereocenters. The van der Waals surface area contributed by atoms with Crippen molar-refractivity contribution in [1.29, 1.82) is 0 Å². The maximum absolute atomic E-state index is 13.5. The van der Waals surface area contributed by atoms with Gasteiger partial charge in [-0.25, -0.2) is 4.39 Å². The maximum Gasteiger partial charge on any atom is 0.124 e. The van der Waals surface area contributed by atoms with Crippen LogP contribution in [0.4, 0.5) is 10.1 Å². The molecule has 2 aromatic carbocycles. The van der Waals surface area contributed by atoms with Crippen molar-refractivity contribution < 1.29 is 4.39 Å². The van der Waals surface area contributed by atoms with E-state index in [9.17, 15) is 4.39 Å². The van der Waals surface area contributed by atoms with Crippen LogP contribution in [0.25, 0.3) is 5.57 Å². The molecule has 4 N–H and O–H groups in total. The quantitative estimate of drug-likeness (QED) is 0.838. The van der Waals surface area contributed by atoms with Crippen LogP contribution in [0.2, 0.25) is 0 Å². The Balaban J connectivity index is 2.30. The predicted molar refractivity (Wildman–Crippen MR) is 81.0 cm³/mol. The molecule has 20 heavy (non-hydrogen) atoms. The summed E-state index contributed by atoms with van der Waals surface area (Å²) in [4.78, 5) is 4.31. The minimum atomic E-state index is -0.338. The molecule has 0 aliphatic heterocycles. The summed E-state index contributed by atoms with van der Waals surface area (Å²) in [6, 6.07) is 14.1.